The molecule has 1 atom stereocenters. The van der Waals surface area contributed by atoms with Crippen LogP contribution in [-0.2, 0) is 11.2 Å². The number of benzene rings is 1. The average Bonchev–Trinajstić information content (AvgIpc) is 2.71. The highest BCUT2D eigenvalue weighted by atomic mass is 16.4. The van der Waals surface area contributed by atoms with E-state index in [9.17, 15) is 9.59 Å². The van der Waals surface area contributed by atoms with Gasteiger partial charge in [0.15, 0.2) is 0 Å². The topological polar surface area (TPSA) is 122 Å². The number of carboxylic acids is 1. The molecule has 2 rings (SSSR count). The Kier molecular flexibility index (Phi) is 3.03. The Morgan fingerprint density at radius 3 is 2.72 bits per heavy atom. The predicted octanol–water partition coefficient (Wildman–Crippen LogP) is 0.221. The number of fused-ring (bicyclic) bond motifs is 1. The minimum Gasteiger partial charge on any atom is -0.480 e. The Labute approximate surface area is 103 Å². The van der Waals surface area contributed by atoms with E-state index >= 15 is 0 Å². The summed E-state index contributed by atoms with van der Waals surface area (Å²) in [6.45, 7) is 0. The molecule has 18 heavy (non-hydrogen) atoms. The highest BCUT2D eigenvalue weighted by Crippen LogP contribution is 2.20. The smallest absolute Gasteiger partial charge is 0.320 e. The normalized spacial score (nSPS) is 12.5. The first-order valence-electron chi connectivity index (χ1n) is 5.37. The molecule has 1 heterocycles. The number of hydrogen-bond donors (Lipinski definition) is 4. The molecular weight excluding hydrogens is 234 g/mol. The summed E-state index contributed by atoms with van der Waals surface area (Å²) in [7, 11) is 0. The van der Waals surface area contributed by atoms with Gasteiger partial charge in [-0.1, -0.05) is 6.07 Å². The van der Waals surface area contributed by atoms with Crippen molar-refractivity contribution in [1.29, 1.82) is 0 Å². The van der Waals surface area contributed by atoms with Crippen LogP contribution in [0.5, 0.6) is 0 Å². The number of aliphatic carboxylic acids is 1. The largest absolute Gasteiger partial charge is 0.480 e. The molecule has 0 aliphatic carbocycles. The van der Waals surface area contributed by atoms with Crippen LogP contribution >= 0.6 is 0 Å². The number of hydrogen-bond acceptors (Lipinski definition) is 3. The SMILES string of the molecule is NC(=O)c1ccc2c(C[C@H](N)C(=O)O)c[nH]c2c1. The van der Waals surface area contributed by atoms with Gasteiger partial charge in [0.25, 0.3) is 0 Å². The summed E-state index contributed by atoms with van der Waals surface area (Å²) in [6, 6.07) is 4.03. The molecule has 0 saturated heterocycles. The van der Waals surface area contributed by atoms with Gasteiger partial charge in [0, 0.05) is 29.1 Å². The molecule has 0 spiro atoms. The van der Waals surface area contributed by atoms with Crippen molar-refractivity contribution >= 4 is 22.8 Å². The second kappa shape index (κ2) is 4.50. The van der Waals surface area contributed by atoms with E-state index in [-0.39, 0.29) is 6.42 Å². The number of carbonyl (C=O) groups is 2. The number of rotatable bonds is 4. The van der Waals surface area contributed by atoms with Gasteiger partial charge in [0.1, 0.15) is 6.04 Å². The van der Waals surface area contributed by atoms with Crippen LogP contribution < -0.4 is 11.5 Å². The summed E-state index contributed by atoms with van der Waals surface area (Å²) >= 11 is 0. The van der Waals surface area contributed by atoms with Crippen molar-refractivity contribution in [3.8, 4) is 0 Å². The fourth-order valence-electron chi connectivity index (χ4n) is 1.83. The minimum absolute atomic E-state index is 0.227. The van der Waals surface area contributed by atoms with E-state index in [2.05, 4.69) is 4.98 Å². The van der Waals surface area contributed by atoms with Gasteiger partial charge >= 0.3 is 5.97 Å². The first-order chi connectivity index (χ1) is 8.49. The minimum atomic E-state index is -1.04. The number of nitrogens with two attached hydrogens (primary N) is 2. The maximum Gasteiger partial charge on any atom is 0.320 e. The van der Waals surface area contributed by atoms with Crippen molar-refractivity contribution in [2.24, 2.45) is 11.5 Å². The maximum absolute atomic E-state index is 11.0. The van der Waals surface area contributed by atoms with Gasteiger partial charge in [0.2, 0.25) is 5.91 Å². The van der Waals surface area contributed by atoms with Crippen LogP contribution in [0.15, 0.2) is 24.4 Å². The lowest BCUT2D eigenvalue weighted by Crippen LogP contribution is -2.32. The zero-order valence-corrected chi connectivity index (χ0v) is 9.51. The van der Waals surface area contributed by atoms with E-state index in [1.165, 1.54) is 0 Å². The second-order valence-electron chi connectivity index (χ2n) is 4.09. The molecular formula is C12H13N3O3. The molecule has 6 nitrogen and oxygen atoms in total. The van der Waals surface area contributed by atoms with E-state index < -0.39 is 17.9 Å². The van der Waals surface area contributed by atoms with Crippen molar-refractivity contribution < 1.29 is 14.7 Å². The van der Waals surface area contributed by atoms with Gasteiger partial charge in [-0.25, -0.2) is 0 Å². The third-order valence-corrected chi connectivity index (χ3v) is 2.81. The lowest BCUT2D eigenvalue weighted by molar-refractivity contribution is -0.138. The van der Waals surface area contributed by atoms with Gasteiger partial charge in [0.05, 0.1) is 0 Å². The van der Waals surface area contributed by atoms with Gasteiger partial charge in [-0.3, -0.25) is 9.59 Å². The first kappa shape index (κ1) is 12.1. The molecule has 0 saturated carbocycles. The Balaban J connectivity index is 2.37. The molecule has 0 unspecified atom stereocenters. The monoisotopic (exact) mass is 247 g/mol. The lowest BCUT2D eigenvalue weighted by atomic mass is 10.0. The molecule has 0 aliphatic heterocycles. The van der Waals surface area contributed by atoms with E-state index in [0.717, 1.165) is 16.5 Å². The maximum atomic E-state index is 11.0. The van der Waals surface area contributed by atoms with E-state index in [4.69, 9.17) is 16.6 Å². The van der Waals surface area contributed by atoms with Crippen LogP contribution in [0.4, 0.5) is 0 Å². The van der Waals surface area contributed by atoms with Crippen LogP contribution in [0, 0.1) is 0 Å². The molecule has 2 aromatic rings. The summed E-state index contributed by atoms with van der Waals surface area (Å²) in [5, 5.41) is 9.62. The lowest BCUT2D eigenvalue weighted by Gasteiger charge is -2.04. The third kappa shape index (κ3) is 2.18. The fourth-order valence-corrected chi connectivity index (χ4v) is 1.83. The highest BCUT2D eigenvalue weighted by Gasteiger charge is 2.15. The number of nitrogens with one attached hydrogen (secondary N) is 1. The van der Waals surface area contributed by atoms with Crippen LogP contribution in [0.1, 0.15) is 15.9 Å². The summed E-state index contributed by atoms with van der Waals surface area (Å²) in [5.74, 6) is -1.55. The summed E-state index contributed by atoms with van der Waals surface area (Å²) in [5.41, 5.74) is 12.6. The predicted molar refractivity (Wildman–Crippen MR) is 66.1 cm³/mol. The van der Waals surface area contributed by atoms with Crippen LogP contribution in [0.2, 0.25) is 0 Å². The number of aromatic nitrogens is 1. The molecule has 0 aliphatic rings. The van der Waals surface area contributed by atoms with Crippen LogP contribution in [-0.4, -0.2) is 28.0 Å². The van der Waals surface area contributed by atoms with Gasteiger partial charge in [-0.15, -0.1) is 0 Å². The van der Waals surface area contributed by atoms with Crippen molar-refractivity contribution in [1.82, 2.24) is 4.98 Å². The molecule has 1 aromatic heterocycles. The zero-order valence-electron chi connectivity index (χ0n) is 9.51. The third-order valence-electron chi connectivity index (χ3n) is 2.81. The zero-order chi connectivity index (χ0) is 13.3. The van der Waals surface area contributed by atoms with Gasteiger partial charge < -0.3 is 21.6 Å². The van der Waals surface area contributed by atoms with Crippen LogP contribution in [0.25, 0.3) is 10.9 Å². The van der Waals surface area contributed by atoms with Gasteiger partial charge in [-0.2, -0.15) is 0 Å². The van der Waals surface area contributed by atoms with Crippen molar-refractivity contribution in [2.75, 3.05) is 0 Å². The second-order valence-corrected chi connectivity index (χ2v) is 4.09. The Morgan fingerprint density at radius 2 is 2.11 bits per heavy atom. The standard InChI is InChI=1S/C12H13N3O3/c13-9(12(17)18)3-7-5-15-10-4-6(11(14)16)1-2-8(7)10/h1-2,4-5,9,15H,3,13H2,(H2,14,16)(H,17,18)/t9-/m0/s1. The molecule has 1 aromatic carbocycles. The molecule has 0 radical (unpaired) electrons. The molecule has 6 N–H and O–H groups in total. The Morgan fingerprint density at radius 1 is 1.39 bits per heavy atom. The van der Waals surface area contributed by atoms with Gasteiger partial charge in [-0.05, 0) is 17.7 Å². The van der Waals surface area contributed by atoms with E-state index in [1.54, 1.807) is 24.4 Å². The van der Waals surface area contributed by atoms with Crippen LogP contribution in [0.3, 0.4) is 0 Å². The molecule has 1 amide bonds. The fraction of sp³-hybridized carbons (Fsp3) is 0.167. The molecule has 94 valence electrons. The number of amides is 1. The summed E-state index contributed by atoms with van der Waals surface area (Å²) in [4.78, 5) is 24.7. The Hall–Kier alpha value is -2.34. The number of carbonyl (C=O) groups excluding carboxylic acids is 1. The number of aromatic amines is 1. The van der Waals surface area contributed by atoms with Crippen molar-refractivity contribution in [2.45, 2.75) is 12.5 Å². The van der Waals surface area contributed by atoms with E-state index in [1.807, 2.05) is 0 Å². The first-order valence-corrected chi connectivity index (χ1v) is 5.37. The quantitative estimate of drug-likeness (QED) is 0.617. The molecule has 0 fully saturated rings. The number of carboxylic acid groups (broad SMARTS) is 1. The molecule has 6 heteroatoms. The van der Waals surface area contributed by atoms with E-state index in [0.29, 0.717) is 5.56 Å². The number of primary amides is 1. The Bertz CT molecular complexity index is 618. The summed E-state index contributed by atoms with van der Waals surface area (Å²) < 4.78 is 0. The summed E-state index contributed by atoms with van der Waals surface area (Å²) in [6.07, 6.45) is 1.92. The highest BCUT2D eigenvalue weighted by molar-refractivity contribution is 5.97. The van der Waals surface area contributed by atoms with Crippen molar-refractivity contribution in [3.63, 3.8) is 0 Å². The average molecular weight is 247 g/mol. The number of H-pyrrole nitrogens is 1. The van der Waals surface area contributed by atoms with Crippen molar-refractivity contribution in [3.05, 3.63) is 35.5 Å². The molecule has 0 bridgehead atoms.